The van der Waals surface area contributed by atoms with Crippen molar-refractivity contribution < 1.29 is 0 Å². The molecular formula is C21H20N2O. The number of fused-ring (bicyclic) bond motifs is 3. The van der Waals surface area contributed by atoms with Crippen LogP contribution in [0.5, 0.6) is 0 Å². The Labute approximate surface area is 140 Å². The highest BCUT2D eigenvalue weighted by Gasteiger charge is 2.13. The molecule has 0 fully saturated rings. The molecule has 0 saturated heterocycles. The van der Waals surface area contributed by atoms with Crippen LogP contribution in [0.3, 0.4) is 0 Å². The van der Waals surface area contributed by atoms with E-state index in [1.165, 1.54) is 16.7 Å². The third kappa shape index (κ3) is 2.16. The van der Waals surface area contributed by atoms with Crippen LogP contribution in [-0.4, -0.2) is 9.55 Å². The highest BCUT2D eigenvalue weighted by molar-refractivity contribution is 6.07. The Balaban J connectivity index is 2.13. The number of hydrogen-bond acceptors (Lipinski definition) is 1. The Morgan fingerprint density at radius 3 is 2.25 bits per heavy atom. The van der Waals surface area contributed by atoms with Crippen molar-refractivity contribution in [2.24, 2.45) is 7.05 Å². The van der Waals surface area contributed by atoms with E-state index < -0.39 is 0 Å². The monoisotopic (exact) mass is 316 g/mol. The number of pyridine rings is 1. The van der Waals surface area contributed by atoms with Gasteiger partial charge < -0.3 is 4.98 Å². The number of H-pyrrole nitrogens is 1. The second kappa shape index (κ2) is 5.10. The molecular weight excluding hydrogens is 296 g/mol. The largest absolute Gasteiger partial charge is 0.341 e. The first kappa shape index (κ1) is 14.8. The fourth-order valence-electron chi connectivity index (χ4n) is 3.55. The smallest absolute Gasteiger partial charge is 0.259 e. The van der Waals surface area contributed by atoms with E-state index in [-0.39, 0.29) is 5.56 Å². The molecule has 0 bridgehead atoms. The van der Waals surface area contributed by atoms with Crippen molar-refractivity contribution in [1.82, 2.24) is 9.55 Å². The minimum Gasteiger partial charge on any atom is -0.341 e. The quantitative estimate of drug-likeness (QED) is 0.547. The van der Waals surface area contributed by atoms with Crippen molar-refractivity contribution in [3.05, 3.63) is 69.5 Å². The predicted octanol–water partition coefficient (Wildman–Crippen LogP) is 4.61. The third-order valence-corrected chi connectivity index (χ3v) is 4.67. The van der Waals surface area contributed by atoms with Gasteiger partial charge in [-0.25, -0.2) is 0 Å². The van der Waals surface area contributed by atoms with Crippen molar-refractivity contribution in [2.45, 2.75) is 20.8 Å². The summed E-state index contributed by atoms with van der Waals surface area (Å²) in [6.07, 6.45) is 0. The number of nitrogens with one attached hydrogen (secondary N) is 1. The molecule has 0 atom stereocenters. The minimum atomic E-state index is 0.0239. The molecule has 0 radical (unpaired) electrons. The average molecular weight is 316 g/mol. The molecule has 2 heterocycles. The van der Waals surface area contributed by atoms with Crippen molar-refractivity contribution >= 4 is 21.9 Å². The van der Waals surface area contributed by atoms with E-state index in [2.05, 4.69) is 62.2 Å². The van der Waals surface area contributed by atoms with Crippen molar-refractivity contribution in [3.8, 4) is 11.1 Å². The molecule has 4 rings (SSSR count). The highest BCUT2D eigenvalue weighted by Crippen LogP contribution is 2.29. The van der Waals surface area contributed by atoms with Gasteiger partial charge in [0.2, 0.25) is 0 Å². The van der Waals surface area contributed by atoms with Crippen LogP contribution in [0, 0.1) is 20.8 Å². The van der Waals surface area contributed by atoms with Gasteiger partial charge in [0.05, 0.1) is 0 Å². The van der Waals surface area contributed by atoms with E-state index in [0.717, 1.165) is 33.1 Å². The van der Waals surface area contributed by atoms with Crippen LogP contribution in [-0.2, 0) is 7.05 Å². The lowest BCUT2D eigenvalue weighted by atomic mass is 10.0. The topological polar surface area (TPSA) is 37.8 Å². The van der Waals surface area contributed by atoms with E-state index >= 15 is 0 Å². The summed E-state index contributed by atoms with van der Waals surface area (Å²) in [4.78, 5) is 16.3. The Bertz CT molecular complexity index is 1140. The zero-order valence-corrected chi connectivity index (χ0v) is 14.4. The van der Waals surface area contributed by atoms with E-state index in [1.54, 1.807) is 4.57 Å². The molecule has 24 heavy (non-hydrogen) atoms. The van der Waals surface area contributed by atoms with Crippen LogP contribution in [0.2, 0.25) is 0 Å². The number of hydrogen-bond donors (Lipinski definition) is 1. The van der Waals surface area contributed by atoms with E-state index in [9.17, 15) is 4.79 Å². The SMILES string of the molecule is Cc1cc(C)cc(-c2cc3c4cc(C)ccc4[nH]c3n(C)c2=O)c1. The molecule has 120 valence electrons. The Hall–Kier alpha value is -2.81. The number of nitrogens with zero attached hydrogens (tertiary/aromatic N) is 1. The van der Waals surface area contributed by atoms with Gasteiger partial charge in [0.25, 0.3) is 5.56 Å². The van der Waals surface area contributed by atoms with Crippen LogP contribution < -0.4 is 5.56 Å². The minimum absolute atomic E-state index is 0.0239. The summed E-state index contributed by atoms with van der Waals surface area (Å²) in [7, 11) is 1.83. The summed E-state index contributed by atoms with van der Waals surface area (Å²) in [6, 6.07) is 14.6. The molecule has 0 saturated carbocycles. The molecule has 3 nitrogen and oxygen atoms in total. The lowest BCUT2D eigenvalue weighted by Crippen LogP contribution is -2.18. The molecule has 0 aliphatic carbocycles. The first-order chi connectivity index (χ1) is 11.4. The third-order valence-electron chi connectivity index (χ3n) is 4.67. The Morgan fingerprint density at radius 1 is 0.833 bits per heavy atom. The van der Waals surface area contributed by atoms with Gasteiger partial charge in [-0.05, 0) is 44.5 Å². The van der Waals surface area contributed by atoms with E-state index in [1.807, 2.05) is 13.1 Å². The standard InChI is InChI=1S/C21H20N2O/c1-12-5-6-19-17(10-12)18-11-16(21(24)23(4)20(18)22-19)15-8-13(2)7-14(3)9-15/h5-11,22H,1-4H3. The van der Waals surface area contributed by atoms with Crippen LogP contribution >= 0.6 is 0 Å². The summed E-state index contributed by atoms with van der Waals surface area (Å²) < 4.78 is 1.72. The Morgan fingerprint density at radius 2 is 1.54 bits per heavy atom. The zero-order valence-electron chi connectivity index (χ0n) is 14.4. The maximum Gasteiger partial charge on any atom is 0.259 e. The first-order valence-corrected chi connectivity index (χ1v) is 8.15. The van der Waals surface area contributed by atoms with Gasteiger partial charge in [-0.1, -0.05) is 41.0 Å². The number of rotatable bonds is 1. The van der Waals surface area contributed by atoms with Crippen LogP contribution in [0.1, 0.15) is 16.7 Å². The summed E-state index contributed by atoms with van der Waals surface area (Å²) in [5, 5.41) is 2.25. The highest BCUT2D eigenvalue weighted by atomic mass is 16.1. The van der Waals surface area contributed by atoms with Crippen LogP contribution in [0.4, 0.5) is 0 Å². The molecule has 2 aromatic carbocycles. The lowest BCUT2D eigenvalue weighted by Gasteiger charge is -2.08. The zero-order chi connectivity index (χ0) is 17.0. The number of aryl methyl sites for hydroxylation is 4. The van der Waals surface area contributed by atoms with Gasteiger partial charge in [-0.3, -0.25) is 9.36 Å². The molecule has 0 aliphatic heterocycles. The second-order valence-electron chi connectivity index (χ2n) is 6.73. The molecule has 0 unspecified atom stereocenters. The van der Waals surface area contributed by atoms with Crippen molar-refractivity contribution in [2.75, 3.05) is 0 Å². The Kier molecular flexibility index (Phi) is 3.14. The first-order valence-electron chi connectivity index (χ1n) is 8.15. The van der Waals surface area contributed by atoms with E-state index in [0.29, 0.717) is 0 Å². The summed E-state index contributed by atoms with van der Waals surface area (Å²) in [6.45, 7) is 6.22. The van der Waals surface area contributed by atoms with E-state index in [4.69, 9.17) is 0 Å². The normalized spacial score (nSPS) is 11.5. The lowest BCUT2D eigenvalue weighted by molar-refractivity contribution is 0.896. The van der Waals surface area contributed by atoms with Gasteiger partial charge in [0.1, 0.15) is 5.65 Å². The van der Waals surface area contributed by atoms with Crippen LogP contribution in [0.15, 0.2) is 47.3 Å². The second-order valence-corrected chi connectivity index (χ2v) is 6.73. The van der Waals surface area contributed by atoms with Gasteiger partial charge in [0.15, 0.2) is 0 Å². The van der Waals surface area contributed by atoms with Crippen molar-refractivity contribution in [1.29, 1.82) is 0 Å². The number of aromatic nitrogens is 2. The van der Waals surface area contributed by atoms with Gasteiger partial charge in [-0.2, -0.15) is 0 Å². The molecule has 0 aliphatic rings. The van der Waals surface area contributed by atoms with Gasteiger partial charge in [-0.15, -0.1) is 0 Å². The average Bonchev–Trinajstić information content (AvgIpc) is 2.88. The number of aromatic amines is 1. The van der Waals surface area contributed by atoms with Gasteiger partial charge in [0, 0.05) is 28.9 Å². The maximum atomic E-state index is 12.9. The number of benzene rings is 2. The molecule has 1 N–H and O–H groups in total. The summed E-state index contributed by atoms with van der Waals surface area (Å²) in [5.41, 5.74) is 7.23. The fraction of sp³-hybridized carbons (Fsp3) is 0.190. The fourth-order valence-corrected chi connectivity index (χ4v) is 3.55. The molecule has 4 aromatic rings. The van der Waals surface area contributed by atoms with Gasteiger partial charge >= 0.3 is 0 Å². The molecule has 3 heteroatoms. The predicted molar refractivity (Wildman–Crippen MR) is 101 cm³/mol. The van der Waals surface area contributed by atoms with Crippen LogP contribution in [0.25, 0.3) is 33.1 Å². The maximum absolute atomic E-state index is 12.9. The molecule has 0 amide bonds. The molecule has 0 spiro atoms. The van der Waals surface area contributed by atoms with Crippen molar-refractivity contribution in [3.63, 3.8) is 0 Å². The summed E-state index contributed by atoms with van der Waals surface area (Å²) >= 11 is 0. The molecule has 2 aromatic heterocycles. The summed E-state index contributed by atoms with van der Waals surface area (Å²) in [5.74, 6) is 0.